The molecule has 0 bridgehead atoms. The molecule has 1 fully saturated rings. The van der Waals surface area contributed by atoms with Crippen molar-refractivity contribution in [3.8, 4) is 0 Å². The number of amides is 1. The number of hydrogen-bond acceptors (Lipinski definition) is 3. The van der Waals surface area contributed by atoms with Crippen LogP contribution in [-0.2, 0) is 14.3 Å². The van der Waals surface area contributed by atoms with Crippen LogP contribution in [0.15, 0.2) is 0 Å². The minimum Gasteiger partial charge on any atom is -0.469 e. The van der Waals surface area contributed by atoms with Gasteiger partial charge in [0.25, 0.3) is 0 Å². The van der Waals surface area contributed by atoms with E-state index in [4.69, 9.17) is 0 Å². The topological polar surface area (TPSA) is 46.6 Å². The first-order valence-electron chi connectivity index (χ1n) is 4.94. The van der Waals surface area contributed by atoms with E-state index in [2.05, 4.69) is 4.74 Å². The molecule has 1 heterocycles. The van der Waals surface area contributed by atoms with E-state index < -0.39 is 0 Å². The van der Waals surface area contributed by atoms with Crippen molar-refractivity contribution in [3.05, 3.63) is 0 Å². The second kappa shape index (κ2) is 4.98. The quantitative estimate of drug-likeness (QED) is 0.618. The fourth-order valence-electron chi connectivity index (χ4n) is 1.69. The van der Waals surface area contributed by atoms with Gasteiger partial charge in [0.15, 0.2) is 0 Å². The average molecular weight is 199 g/mol. The van der Waals surface area contributed by atoms with Gasteiger partial charge in [-0.25, -0.2) is 0 Å². The molecule has 0 N–H and O–H groups in total. The number of likely N-dealkylation sites (tertiary alicyclic amines) is 1. The van der Waals surface area contributed by atoms with Crippen molar-refractivity contribution in [2.75, 3.05) is 20.7 Å². The summed E-state index contributed by atoms with van der Waals surface area (Å²) < 4.78 is 4.61. The van der Waals surface area contributed by atoms with Crippen molar-refractivity contribution < 1.29 is 14.3 Å². The summed E-state index contributed by atoms with van der Waals surface area (Å²) in [6, 6.07) is 0. The first kappa shape index (κ1) is 11.0. The van der Waals surface area contributed by atoms with Crippen molar-refractivity contribution in [1.82, 2.24) is 4.90 Å². The Bertz CT molecular complexity index is 227. The van der Waals surface area contributed by atoms with Crippen LogP contribution < -0.4 is 0 Å². The Labute approximate surface area is 84.2 Å². The van der Waals surface area contributed by atoms with Gasteiger partial charge in [0.05, 0.1) is 7.11 Å². The summed E-state index contributed by atoms with van der Waals surface area (Å²) in [4.78, 5) is 24.1. The highest BCUT2D eigenvalue weighted by molar-refractivity contribution is 5.76. The lowest BCUT2D eigenvalue weighted by molar-refractivity contribution is -0.141. The number of carbonyl (C=O) groups excluding carboxylic acids is 2. The molecular weight excluding hydrogens is 182 g/mol. The molecule has 0 spiro atoms. The van der Waals surface area contributed by atoms with Crippen molar-refractivity contribution >= 4 is 11.9 Å². The van der Waals surface area contributed by atoms with Gasteiger partial charge in [0.2, 0.25) is 5.91 Å². The van der Waals surface area contributed by atoms with Crippen LogP contribution >= 0.6 is 0 Å². The van der Waals surface area contributed by atoms with Crippen LogP contribution in [0, 0.1) is 5.92 Å². The van der Waals surface area contributed by atoms with Crippen LogP contribution in [0.1, 0.15) is 25.7 Å². The zero-order valence-corrected chi connectivity index (χ0v) is 8.78. The first-order valence-corrected chi connectivity index (χ1v) is 4.94. The Morgan fingerprint density at radius 2 is 2.29 bits per heavy atom. The highest BCUT2D eigenvalue weighted by atomic mass is 16.5. The van der Waals surface area contributed by atoms with Crippen molar-refractivity contribution in [2.45, 2.75) is 25.7 Å². The van der Waals surface area contributed by atoms with Crippen LogP contribution in [0.5, 0.6) is 0 Å². The summed E-state index contributed by atoms with van der Waals surface area (Å²) in [6.07, 6.45) is 2.70. The summed E-state index contributed by atoms with van der Waals surface area (Å²) in [5.41, 5.74) is 0. The molecule has 1 aliphatic rings. The molecular formula is C10H17NO3. The fraction of sp³-hybridized carbons (Fsp3) is 0.800. The minimum atomic E-state index is -0.174. The zero-order chi connectivity index (χ0) is 10.6. The third-order valence-corrected chi connectivity index (χ3v) is 2.75. The van der Waals surface area contributed by atoms with E-state index in [1.807, 2.05) is 7.05 Å². The standard InChI is InChI=1S/C10H17NO3/c1-11-6-5-8(3-4-9(11)12)7-10(13)14-2/h8H,3-7H2,1-2H3/t8-/m0/s1. The first-order chi connectivity index (χ1) is 6.63. The molecule has 0 aliphatic carbocycles. The van der Waals surface area contributed by atoms with Crippen LogP contribution in [0.4, 0.5) is 0 Å². The van der Waals surface area contributed by atoms with E-state index in [0.29, 0.717) is 18.8 Å². The lowest BCUT2D eigenvalue weighted by Crippen LogP contribution is -2.25. The van der Waals surface area contributed by atoms with Gasteiger partial charge >= 0.3 is 5.97 Å². The lowest BCUT2D eigenvalue weighted by atomic mass is 9.97. The second-order valence-electron chi connectivity index (χ2n) is 3.79. The van der Waals surface area contributed by atoms with Gasteiger partial charge in [-0.3, -0.25) is 9.59 Å². The Balaban J connectivity index is 2.41. The second-order valence-corrected chi connectivity index (χ2v) is 3.79. The molecule has 4 heteroatoms. The Hall–Kier alpha value is -1.06. The molecule has 0 aromatic heterocycles. The van der Waals surface area contributed by atoms with Crippen molar-refractivity contribution in [2.24, 2.45) is 5.92 Å². The molecule has 0 aromatic carbocycles. The Kier molecular flexibility index (Phi) is 3.92. The predicted molar refractivity (Wildman–Crippen MR) is 51.6 cm³/mol. The summed E-state index contributed by atoms with van der Waals surface area (Å²) >= 11 is 0. The molecule has 1 saturated heterocycles. The minimum absolute atomic E-state index is 0.174. The number of ether oxygens (including phenoxy) is 1. The maximum Gasteiger partial charge on any atom is 0.305 e. The Morgan fingerprint density at radius 3 is 2.93 bits per heavy atom. The molecule has 0 saturated carbocycles. The van der Waals surface area contributed by atoms with E-state index >= 15 is 0 Å². The highest BCUT2D eigenvalue weighted by Crippen LogP contribution is 2.20. The smallest absolute Gasteiger partial charge is 0.305 e. The number of esters is 1. The molecule has 1 aliphatic heterocycles. The number of rotatable bonds is 2. The van der Waals surface area contributed by atoms with Crippen LogP contribution in [-0.4, -0.2) is 37.5 Å². The maximum absolute atomic E-state index is 11.3. The van der Waals surface area contributed by atoms with Crippen LogP contribution in [0.2, 0.25) is 0 Å². The molecule has 4 nitrogen and oxygen atoms in total. The normalized spacial score (nSPS) is 23.1. The zero-order valence-electron chi connectivity index (χ0n) is 8.78. The van der Waals surface area contributed by atoms with Gasteiger partial charge < -0.3 is 9.64 Å². The Morgan fingerprint density at radius 1 is 1.57 bits per heavy atom. The maximum atomic E-state index is 11.3. The number of nitrogens with zero attached hydrogens (tertiary/aromatic N) is 1. The van der Waals surface area contributed by atoms with E-state index in [-0.39, 0.29) is 11.9 Å². The van der Waals surface area contributed by atoms with Crippen LogP contribution in [0.25, 0.3) is 0 Å². The van der Waals surface area contributed by atoms with Gasteiger partial charge in [-0.2, -0.15) is 0 Å². The van der Waals surface area contributed by atoms with Crippen molar-refractivity contribution in [1.29, 1.82) is 0 Å². The number of hydrogen-bond donors (Lipinski definition) is 0. The predicted octanol–water partition coefficient (Wildman–Crippen LogP) is 0.808. The molecule has 1 amide bonds. The molecule has 0 unspecified atom stereocenters. The van der Waals surface area contributed by atoms with Gasteiger partial charge in [-0.05, 0) is 18.8 Å². The summed E-state index contributed by atoms with van der Waals surface area (Å²) in [7, 11) is 3.21. The SMILES string of the molecule is COC(=O)C[C@H]1CCC(=O)N(C)CC1. The van der Waals surface area contributed by atoms with E-state index in [1.54, 1.807) is 4.90 Å². The molecule has 0 aromatic rings. The van der Waals surface area contributed by atoms with Crippen LogP contribution in [0.3, 0.4) is 0 Å². The average Bonchev–Trinajstić information content (AvgIpc) is 2.33. The largest absolute Gasteiger partial charge is 0.469 e. The highest BCUT2D eigenvalue weighted by Gasteiger charge is 2.21. The van der Waals surface area contributed by atoms with Crippen molar-refractivity contribution in [3.63, 3.8) is 0 Å². The summed E-state index contributed by atoms with van der Waals surface area (Å²) in [5.74, 6) is 0.306. The molecule has 0 radical (unpaired) electrons. The monoisotopic (exact) mass is 199 g/mol. The van der Waals surface area contributed by atoms with E-state index in [1.165, 1.54) is 7.11 Å². The third kappa shape index (κ3) is 3.01. The molecule has 1 rings (SSSR count). The van der Waals surface area contributed by atoms with Gasteiger partial charge in [-0.15, -0.1) is 0 Å². The summed E-state index contributed by atoms with van der Waals surface area (Å²) in [6.45, 7) is 0.750. The summed E-state index contributed by atoms with van der Waals surface area (Å²) in [5, 5.41) is 0. The van der Waals surface area contributed by atoms with E-state index in [9.17, 15) is 9.59 Å². The van der Waals surface area contributed by atoms with E-state index in [0.717, 1.165) is 19.4 Å². The molecule has 80 valence electrons. The number of carbonyl (C=O) groups is 2. The molecule has 14 heavy (non-hydrogen) atoms. The number of methoxy groups -OCH3 is 1. The third-order valence-electron chi connectivity index (χ3n) is 2.75. The van der Waals surface area contributed by atoms with Gasteiger partial charge in [0, 0.05) is 26.4 Å². The van der Waals surface area contributed by atoms with Gasteiger partial charge in [-0.1, -0.05) is 0 Å². The lowest BCUT2D eigenvalue weighted by Gasteiger charge is -2.14. The van der Waals surface area contributed by atoms with Gasteiger partial charge in [0.1, 0.15) is 0 Å². The molecule has 1 atom stereocenters. The fourth-order valence-corrected chi connectivity index (χ4v) is 1.69.